The van der Waals surface area contributed by atoms with E-state index in [0.29, 0.717) is 6.04 Å². The topological polar surface area (TPSA) is 34.1 Å². The number of nitrogens with zero attached hydrogens (tertiary/aromatic N) is 1. The van der Waals surface area contributed by atoms with Gasteiger partial charge in [-0.25, -0.2) is 0 Å². The molecule has 1 aliphatic rings. The fourth-order valence-corrected chi connectivity index (χ4v) is 2.89. The van der Waals surface area contributed by atoms with Gasteiger partial charge in [-0.3, -0.25) is 4.98 Å². The third kappa shape index (κ3) is 5.96. The molecular weight excluding hydrogens is 272 g/mol. The second-order valence-corrected chi connectivity index (χ2v) is 8.97. The zero-order chi connectivity index (χ0) is 16.4. The summed E-state index contributed by atoms with van der Waals surface area (Å²) in [5, 5.41) is 3.67. The zero-order valence-electron chi connectivity index (χ0n) is 15.1. The van der Waals surface area contributed by atoms with Crippen LogP contribution in [0.1, 0.15) is 60.1 Å². The van der Waals surface area contributed by atoms with Crippen LogP contribution >= 0.6 is 0 Å². The van der Waals surface area contributed by atoms with Crippen LogP contribution in [0.4, 0.5) is 0 Å². The second kappa shape index (κ2) is 6.57. The Hall–Kier alpha value is -1.09. The van der Waals surface area contributed by atoms with Crippen LogP contribution in [0.3, 0.4) is 0 Å². The first-order chi connectivity index (χ1) is 10.1. The van der Waals surface area contributed by atoms with Gasteiger partial charge in [0.1, 0.15) is 5.75 Å². The number of hydrogen-bond acceptors (Lipinski definition) is 3. The Morgan fingerprint density at radius 2 is 1.86 bits per heavy atom. The average molecular weight is 304 g/mol. The molecule has 0 atom stereocenters. The van der Waals surface area contributed by atoms with Gasteiger partial charge in [-0.2, -0.15) is 0 Å². The summed E-state index contributed by atoms with van der Waals surface area (Å²) in [5.41, 5.74) is 1.56. The molecule has 1 heterocycles. The first-order valence-electron chi connectivity index (χ1n) is 8.46. The van der Waals surface area contributed by atoms with E-state index in [0.717, 1.165) is 30.4 Å². The molecule has 0 amide bonds. The van der Waals surface area contributed by atoms with Gasteiger partial charge in [0.25, 0.3) is 0 Å². The molecule has 2 rings (SSSR count). The molecule has 0 aliphatic heterocycles. The van der Waals surface area contributed by atoms with Crippen molar-refractivity contribution in [3.63, 3.8) is 0 Å². The summed E-state index contributed by atoms with van der Waals surface area (Å²) in [6.45, 7) is 14.0. The lowest BCUT2D eigenvalue weighted by Crippen LogP contribution is -2.50. The van der Waals surface area contributed by atoms with E-state index in [1.54, 1.807) is 0 Å². The van der Waals surface area contributed by atoms with Gasteiger partial charge in [-0.1, -0.05) is 20.8 Å². The van der Waals surface area contributed by atoms with Gasteiger partial charge in [0.2, 0.25) is 0 Å². The van der Waals surface area contributed by atoms with Crippen molar-refractivity contribution in [2.75, 3.05) is 6.61 Å². The molecule has 124 valence electrons. The number of nitrogens with one attached hydrogen (secondary N) is 1. The fraction of sp³-hybridized carbons (Fsp3) is 0.737. The van der Waals surface area contributed by atoms with E-state index in [9.17, 15) is 0 Å². The van der Waals surface area contributed by atoms with Crippen molar-refractivity contribution >= 4 is 0 Å². The minimum absolute atomic E-state index is 0.184. The summed E-state index contributed by atoms with van der Waals surface area (Å²) < 4.78 is 5.88. The number of ether oxygens (including phenoxy) is 1. The SMILES string of the molecule is CC(C)(C)COc1ccnc(CC2CC(NC(C)(C)C)C2)c1. The molecule has 0 aromatic carbocycles. The summed E-state index contributed by atoms with van der Waals surface area (Å²) in [6, 6.07) is 4.74. The van der Waals surface area contributed by atoms with Crippen molar-refractivity contribution in [3.8, 4) is 5.75 Å². The van der Waals surface area contributed by atoms with Crippen LogP contribution < -0.4 is 10.1 Å². The van der Waals surface area contributed by atoms with Crippen molar-refractivity contribution < 1.29 is 4.74 Å². The summed E-state index contributed by atoms with van der Waals surface area (Å²) in [6.07, 6.45) is 5.45. The Morgan fingerprint density at radius 3 is 2.45 bits per heavy atom. The molecule has 0 bridgehead atoms. The lowest BCUT2D eigenvalue weighted by atomic mass is 9.76. The highest BCUT2D eigenvalue weighted by molar-refractivity contribution is 5.23. The van der Waals surface area contributed by atoms with Crippen LogP contribution in [0.15, 0.2) is 18.3 Å². The Morgan fingerprint density at radius 1 is 1.18 bits per heavy atom. The molecular formula is C19H32N2O. The van der Waals surface area contributed by atoms with Crippen LogP contribution in [-0.2, 0) is 6.42 Å². The minimum atomic E-state index is 0.184. The predicted octanol–water partition coefficient (Wildman–Crippen LogP) is 4.22. The van der Waals surface area contributed by atoms with Gasteiger partial charge in [0, 0.05) is 29.5 Å². The fourth-order valence-electron chi connectivity index (χ4n) is 2.89. The first-order valence-corrected chi connectivity index (χ1v) is 8.46. The molecule has 0 saturated heterocycles. The maximum atomic E-state index is 5.88. The van der Waals surface area contributed by atoms with Crippen LogP contribution in [-0.4, -0.2) is 23.2 Å². The average Bonchev–Trinajstić information content (AvgIpc) is 2.32. The molecule has 0 unspecified atom stereocenters. The van der Waals surface area contributed by atoms with Gasteiger partial charge in [0.05, 0.1) is 6.61 Å². The van der Waals surface area contributed by atoms with E-state index in [2.05, 4.69) is 57.9 Å². The third-order valence-electron chi connectivity index (χ3n) is 3.83. The second-order valence-electron chi connectivity index (χ2n) is 8.97. The highest BCUT2D eigenvalue weighted by atomic mass is 16.5. The molecule has 1 saturated carbocycles. The van der Waals surface area contributed by atoms with Crippen molar-refractivity contribution in [1.29, 1.82) is 0 Å². The largest absolute Gasteiger partial charge is 0.493 e. The predicted molar refractivity (Wildman–Crippen MR) is 92.3 cm³/mol. The number of hydrogen-bond donors (Lipinski definition) is 1. The minimum Gasteiger partial charge on any atom is -0.493 e. The van der Waals surface area contributed by atoms with Crippen molar-refractivity contribution in [1.82, 2.24) is 10.3 Å². The first kappa shape index (κ1) is 17.3. The van der Waals surface area contributed by atoms with E-state index in [-0.39, 0.29) is 11.0 Å². The maximum Gasteiger partial charge on any atom is 0.122 e. The molecule has 1 aromatic rings. The monoisotopic (exact) mass is 304 g/mol. The Balaban J connectivity index is 1.80. The summed E-state index contributed by atoms with van der Waals surface area (Å²) >= 11 is 0. The quantitative estimate of drug-likeness (QED) is 0.884. The van der Waals surface area contributed by atoms with Crippen LogP contribution in [0, 0.1) is 11.3 Å². The molecule has 3 heteroatoms. The molecule has 3 nitrogen and oxygen atoms in total. The highest BCUT2D eigenvalue weighted by Gasteiger charge is 2.31. The number of pyridine rings is 1. The van der Waals surface area contributed by atoms with Crippen molar-refractivity contribution in [2.45, 2.75) is 72.4 Å². The van der Waals surface area contributed by atoms with Gasteiger partial charge in [0.15, 0.2) is 0 Å². The third-order valence-corrected chi connectivity index (χ3v) is 3.83. The van der Waals surface area contributed by atoms with E-state index in [1.165, 1.54) is 12.8 Å². The molecule has 22 heavy (non-hydrogen) atoms. The van der Waals surface area contributed by atoms with Gasteiger partial charge in [-0.15, -0.1) is 0 Å². The van der Waals surface area contributed by atoms with Crippen LogP contribution in [0.5, 0.6) is 5.75 Å². The summed E-state index contributed by atoms with van der Waals surface area (Å²) in [5.74, 6) is 1.70. The standard InChI is InChI=1S/C19H32N2O/c1-18(2,3)13-22-17-7-8-20-15(12-17)9-14-10-16(11-14)21-19(4,5)6/h7-8,12,14,16,21H,9-11,13H2,1-6H3. The molecule has 1 aromatic heterocycles. The molecule has 1 fully saturated rings. The smallest absolute Gasteiger partial charge is 0.122 e. The maximum absolute atomic E-state index is 5.88. The molecule has 0 spiro atoms. The van der Waals surface area contributed by atoms with Crippen LogP contribution in [0.25, 0.3) is 0 Å². The number of aromatic nitrogens is 1. The lowest BCUT2D eigenvalue weighted by Gasteiger charge is -2.40. The van der Waals surface area contributed by atoms with Gasteiger partial charge < -0.3 is 10.1 Å². The Labute approximate surface area is 135 Å². The van der Waals surface area contributed by atoms with Crippen molar-refractivity contribution in [2.24, 2.45) is 11.3 Å². The van der Waals surface area contributed by atoms with Crippen molar-refractivity contribution in [3.05, 3.63) is 24.0 Å². The summed E-state index contributed by atoms with van der Waals surface area (Å²) in [4.78, 5) is 4.50. The van der Waals surface area contributed by atoms with E-state index in [4.69, 9.17) is 4.74 Å². The van der Waals surface area contributed by atoms with E-state index in [1.807, 2.05) is 12.3 Å². The molecule has 1 N–H and O–H groups in total. The Bertz CT molecular complexity index is 479. The summed E-state index contributed by atoms with van der Waals surface area (Å²) in [7, 11) is 0. The molecule has 0 radical (unpaired) electrons. The highest BCUT2D eigenvalue weighted by Crippen LogP contribution is 2.32. The zero-order valence-corrected chi connectivity index (χ0v) is 15.1. The lowest BCUT2D eigenvalue weighted by molar-refractivity contribution is 0.183. The Kier molecular flexibility index (Phi) is 5.16. The normalized spacial score (nSPS) is 22.3. The van der Waals surface area contributed by atoms with Gasteiger partial charge in [-0.05, 0) is 57.4 Å². The number of rotatable bonds is 5. The van der Waals surface area contributed by atoms with E-state index >= 15 is 0 Å². The van der Waals surface area contributed by atoms with Gasteiger partial charge >= 0.3 is 0 Å². The van der Waals surface area contributed by atoms with E-state index < -0.39 is 0 Å². The molecule has 1 aliphatic carbocycles. The van der Waals surface area contributed by atoms with Crippen LogP contribution in [0.2, 0.25) is 0 Å².